The Kier molecular flexibility index (Phi) is 3.42. The molecule has 0 N–H and O–H groups in total. The van der Waals surface area contributed by atoms with Crippen molar-refractivity contribution in [2.75, 3.05) is 0 Å². The van der Waals surface area contributed by atoms with Crippen molar-refractivity contribution in [1.82, 2.24) is 5.16 Å². The molecule has 2 aromatic rings. The lowest BCUT2D eigenvalue weighted by Gasteiger charge is -2.11. The molecule has 2 rings (SSSR count). The molecule has 1 aromatic carbocycles. The molecule has 0 aliphatic rings. The maximum absolute atomic E-state index is 12.8. The lowest BCUT2D eigenvalue weighted by molar-refractivity contribution is -0.138. The Bertz CT molecular complexity index is 602. The van der Waals surface area contributed by atoms with Crippen LogP contribution in [0.3, 0.4) is 0 Å². The number of hydrogen-bond donors (Lipinski definition) is 0. The van der Waals surface area contributed by atoms with Gasteiger partial charge in [-0.15, -0.1) is 0 Å². The first-order chi connectivity index (χ1) is 8.89. The fourth-order valence-corrected chi connectivity index (χ4v) is 1.80. The molecule has 0 atom stereocenters. The van der Waals surface area contributed by atoms with Gasteiger partial charge in [-0.05, 0) is 18.6 Å². The second-order valence-corrected chi connectivity index (χ2v) is 4.05. The third-order valence-electron chi connectivity index (χ3n) is 2.70. The van der Waals surface area contributed by atoms with E-state index in [0.717, 1.165) is 6.07 Å². The number of alkyl halides is 3. The Hall–Kier alpha value is -2.11. The van der Waals surface area contributed by atoms with Crippen LogP contribution >= 0.6 is 0 Å². The van der Waals surface area contributed by atoms with Gasteiger partial charge in [-0.25, -0.2) is 0 Å². The first kappa shape index (κ1) is 13.3. The van der Waals surface area contributed by atoms with Crippen molar-refractivity contribution in [2.45, 2.75) is 19.5 Å². The molecule has 0 saturated heterocycles. The number of rotatable bonds is 3. The van der Waals surface area contributed by atoms with Gasteiger partial charge in [0, 0.05) is 6.42 Å². The Balaban J connectivity index is 2.39. The molecule has 1 aromatic heterocycles. The predicted octanol–water partition coefficient (Wildman–Crippen LogP) is 3.49. The van der Waals surface area contributed by atoms with Crippen molar-refractivity contribution in [3.8, 4) is 0 Å². The number of carbonyl (C=O) groups excluding carboxylic acids is 1. The van der Waals surface area contributed by atoms with Crippen molar-refractivity contribution in [1.29, 1.82) is 0 Å². The summed E-state index contributed by atoms with van der Waals surface area (Å²) in [5.74, 6) is -0.148. The van der Waals surface area contributed by atoms with Crippen LogP contribution in [0, 0.1) is 0 Å². The normalized spacial score (nSPS) is 11.6. The van der Waals surface area contributed by atoms with Gasteiger partial charge in [0.15, 0.2) is 11.5 Å². The molecule has 6 heteroatoms. The molecule has 0 amide bonds. The molecule has 0 bridgehead atoms. The van der Waals surface area contributed by atoms with Gasteiger partial charge in [-0.3, -0.25) is 4.79 Å². The van der Waals surface area contributed by atoms with E-state index in [1.165, 1.54) is 31.3 Å². The van der Waals surface area contributed by atoms with E-state index in [9.17, 15) is 18.0 Å². The van der Waals surface area contributed by atoms with Gasteiger partial charge in [0.05, 0.1) is 17.3 Å². The molecule has 0 spiro atoms. The fraction of sp³-hybridized carbons (Fsp3) is 0.231. The average Bonchev–Trinajstić information content (AvgIpc) is 2.76. The van der Waals surface area contributed by atoms with Gasteiger partial charge in [-0.2, -0.15) is 13.2 Å². The van der Waals surface area contributed by atoms with Crippen LogP contribution in [0.5, 0.6) is 0 Å². The summed E-state index contributed by atoms with van der Waals surface area (Å²) in [6.45, 7) is 1.31. The van der Waals surface area contributed by atoms with E-state index in [1.54, 1.807) is 0 Å². The molecule has 0 fully saturated rings. The number of carbonyl (C=O) groups is 1. The zero-order valence-corrected chi connectivity index (χ0v) is 9.99. The Labute approximate surface area is 107 Å². The number of ketones is 1. The van der Waals surface area contributed by atoms with E-state index < -0.39 is 11.7 Å². The fourth-order valence-electron chi connectivity index (χ4n) is 1.80. The topological polar surface area (TPSA) is 43.1 Å². The van der Waals surface area contributed by atoms with Gasteiger partial charge in [0.25, 0.3) is 0 Å². The van der Waals surface area contributed by atoms with Crippen LogP contribution in [0.2, 0.25) is 0 Å². The zero-order chi connectivity index (χ0) is 14.0. The summed E-state index contributed by atoms with van der Waals surface area (Å²) in [4.78, 5) is 11.3. The Morgan fingerprint density at radius 3 is 2.63 bits per heavy atom. The summed E-state index contributed by atoms with van der Waals surface area (Å²) in [5, 5.41) is 3.45. The summed E-state index contributed by atoms with van der Waals surface area (Å²) < 4.78 is 43.3. The predicted molar refractivity (Wildman–Crippen MR) is 60.8 cm³/mol. The van der Waals surface area contributed by atoms with Crippen LogP contribution in [0.15, 0.2) is 35.0 Å². The highest BCUT2D eigenvalue weighted by Gasteiger charge is 2.33. The van der Waals surface area contributed by atoms with Gasteiger partial charge >= 0.3 is 6.18 Å². The smallest absolute Gasteiger partial charge is 0.360 e. The maximum Gasteiger partial charge on any atom is 0.416 e. The third-order valence-corrected chi connectivity index (χ3v) is 2.70. The minimum atomic E-state index is -4.44. The van der Waals surface area contributed by atoms with Crippen LogP contribution in [0.1, 0.15) is 34.2 Å². The summed E-state index contributed by atoms with van der Waals surface area (Å²) in [7, 11) is 0. The van der Waals surface area contributed by atoms with Crippen molar-refractivity contribution >= 4 is 5.78 Å². The number of halogens is 3. The molecule has 0 radical (unpaired) electrons. The van der Waals surface area contributed by atoms with E-state index in [4.69, 9.17) is 4.52 Å². The molecular formula is C13H10F3NO2. The van der Waals surface area contributed by atoms with Crippen LogP contribution in [0.4, 0.5) is 13.2 Å². The molecule has 0 unspecified atom stereocenters. The minimum Gasteiger partial charge on any atom is -0.360 e. The number of nitrogens with zero attached hydrogens (tertiary/aromatic N) is 1. The summed E-state index contributed by atoms with van der Waals surface area (Å²) in [6, 6.07) is 5.18. The van der Waals surface area contributed by atoms with Crippen molar-refractivity contribution in [3.05, 3.63) is 52.9 Å². The van der Waals surface area contributed by atoms with E-state index in [2.05, 4.69) is 5.16 Å². The van der Waals surface area contributed by atoms with Crippen molar-refractivity contribution < 1.29 is 22.5 Å². The largest absolute Gasteiger partial charge is 0.416 e. The van der Waals surface area contributed by atoms with E-state index >= 15 is 0 Å². The second-order valence-electron chi connectivity index (χ2n) is 4.05. The third kappa shape index (κ3) is 2.83. The number of hydrogen-bond acceptors (Lipinski definition) is 3. The van der Waals surface area contributed by atoms with E-state index in [0.29, 0.717) is 0 Å². The average molecular weight is 269 g/mol. The number of benzene rings is 1. The van der Waals surface area contributed by atoms with E-state index in [-0.39, 0.29) is 29.1 Å². The lowest BCUT2D eigenvalue weighted by Crippen LogP contribution is -2.09. The van der Waals surface area contributed by atoms with E-state index in [1.807, 2.05) is 0 Å². The monoisotopic (exact) mass is 269 g/mol. The first-order valence-electron chi connectivity index (χ1n) is 5.49. The van der Waals surface area contributed by atoms with Gasteiger partial charge in [0.2, 0.25) is 0 Å². The minimum absolute atomic E-state index is 0.0502. The highest BCUT2D eigenvalue weighted by molar-refractivity contribution is 5.94. The molecular weight excluding hydrogens is 259 g/mol. The molecule has 100 valence electrons. The van der Waals surface area contributed by atoms with Crippen LogP contribution in [0.25, 0.3) is 0 Å². The Morgan fingerprint density at radius 2 is 2.00 bits per heavy atom. The molecule has 0 aliphatic heterocycles. The van der Waals surface area contributed by atoms with Crippen molar-refractivity contribution in [3.63, 3.8) is 0 Å². The standard InChI is InChI=1S/C13H10F3NO2/c1-8(18)10-7-17-19-12(10)6-9-4-2-3-5-11(9)13(14,15)16/h2-5,7H,6H2,1H3. The zero-order valence-electron chi connectivity index (χ0n) is 9.99. The molecule has 19 heavy (non-hydrogen) atoms. The van der Waals surface area contributed by atoms with Crippen molar-refractivity contribution in [2.24, 2.45) is 0 Å². The summed E-state index contributed by atoms with van der Waals surface area (Å²) in [6.07, 6.45) is -3.34. The molecule has 3 nitrogen and oxygen atoms in total. The number of Topliss-reactive ketones (excluding diaryl/α,β-unsaturated/α-hetero) is 1. The van der Waals surface area contributed by atoms with Crippen LogP contribution < -0.4 is 0 Å². The SMILES string of the molecule is CC(=O)c1cnoc1Cc1ccccc1C(F)(F)F. The van der Waals surface area contributed by atoms with Crippen LogP contribution in [-0.4, -0.2) is 10.9 Å². The second kappa shape index (κ2) is 4.87. The maximum atomic E-state index is 12.8. The molecule has 0 aliphatic carbocycles. The molecule has 1 heterocycles. The van der Waals surface area contributed by atoms with Gasteiger partial charge in [-0.1, -0.05) is 23.4 Å². The first-order valence-corrected chi connectivity index (χ1v) is 5.49. The summed E-state index contributed by atoms with van der Waals surface area (Å²) in [5.41, 5.74) is -0.480. The van der Waals surface area contributed by atoms with Crippen LogP contribution in [-0.2, 0) is 12.6 Å². The quantitative estimate of drug-likeness (QED) is 0.801. The number of aromatic nitrogens is 1. The van der Waals surface area contributed by atoms with Gasteiger partial charge < -0.3 is 4.52 Å². The lowest BCUT2D eigenvalue weighted by atomic mass is 10.0. The Morgan fingerprint density at radius 1 is 1.32 bits per heavy atom. The highest BCUT2D eigenvalue weighted by atomic mass is 19.4. The van der Waals surface area contributed by atoms with Gasteiger partial charge in [0.1, 0.15) is 0 Å². The highest BCUT2D eigenvalue weighted by Crippen LogP contribution is 2.33. The summed E-state index contributed by atoms with van der Waals surface area (Å²) >= 11 is 0. The molecule has 0 saturated carbocycles.